The molecule has 1 aliphatic rings. The molecule has 6 heteroatoms. The standard InChI is InChI=1S/C25H29N5O/c1-2-23-28-15-20(16-29-23)17-30-12-4-9-25(18-30,24(26)31)14-19-5-3-6-22(13-19)21-7-10-27-11-8-21/h3,5-8,10-11,13,15-16H,2,4,9,12,14,17-18H2,1H3,(H2,26,31). The van der Waals surface area contributed by atoms with Gasteiger partial charge >= 0.3 is 0 Å². The van der Waals surface area contributed by atoms with E-state index in [1.807, 2.05) is 37.5 Å². The van der Waals surface area contributed by atoms with Crippen LogP contribution in [-0.2, 0) is 24.2 Å². The van der Waals surface area contributed by atoms with Crippen LogP contribution in [0.25, 0.3) is 11.1 Å². The van der Waals surface area contributed by atoms with Crippen LogP contribution >= 0.6 is 0 Å². The number of aryl methyl sites for hydroxylation is 1. The van der Waals surface area contributed by atoms with E-state index in [1.54, 1.807) is 12.4 Å². The minimum atomic E-state index is -0.570. The van der Waals surface area contributed by atoms with Gasteiger partial charge in [0.2, 0.25) is 5.91 Å². The second kappa shape index (κ2) is 9.35. The first-order valence-corrected chi connectivity index (χ1v) is 10.9. The SMILES string of the molecule is CCc1ncc(CN2CCCC(Cc3cccc(-c4ccncc4)c3)(C(N)=O)C2)cn1. The summed E-state index contributed by atoms with van der Waals surface area (Å²) >= 11 is 0. The van der Waals surface area contributed by atoms with Crippen LogP contribution in [0.15, 0.2) is 61.2 Å². The molecule has 1 atom stereocenters. The second-order valence-electron chi connectivity index (χ2n) is 8.43. The molecular weight excluding hydrogens is 386 g/mol. The van der Waals surface area contributed by atoms with E-state index in [-0.39, 0.29) is 5.91 Å². The summed E-state index contributed by atoms with van der Waals surface area (Å²) < 4.78 is 0. The highest BCUT2D eigenvalue weighted by atomic mass is 16.1. The zero-order chi connectivity index (χ0) is 21.7. The van der Waals surface area contributed by atoms with Crippen LogP contribution in [0, 0.1) is 5.41 Å². The lowest BCUT2D eigenvalue weighted by atomic mass is 9.74. The van der Waals surface area contributed by atoms with Crippen LogP contribution in [0.4, 0.5) is 0 Å². The van der Waals surface area contributed by atoms with Crippen LogP contribution in [-0.4, -0.2) is 38.8 Å². The molecule has 6 nitrogen and oxygen atoms in total. The third-order valence-electron chi connectivity index (χ3n) is 6.14. The Bertz CT molecular complexity index is 1020. The van der Waals surface area contributed by atoms with Crippen molar-refractivity contribution in [3.8, 4) is 11.1 Å². The molecule has 0 bridgehead atoms. The smallest absolute Gasteiger partial charge is 0.225 e. The van der Waals surface area contributed by atoms with E-state index >= 15 is 0 Å². The number of rotatable bonds is 7. The topological polar surface area (TPSA) is 85.0 Å². The van der Waals surface area contributed by atoms with Crippen molar-refractivity contribution in [1.82, 2.24) is 19.9 Å². The van der Waals surface area contributed by atoms with E-state index in [1.165, 1.54) is 0 Å². The Balaban J connectivity index is 1.52. The van der Waals surface area contributed by atoms with E-state index in [2.05, 4.69) is 38.1 Å². The molecular formula is C25H29N5O. The molecule has 2 aromatic heterocycles. The number of benzene rings is 1. The average molecular weight is 416 g/mol. The van der Waals surface area contributed by atoms with Gasteiger partial charge in [-0.1, -0.05) is 31.2 Å². The normalized spacial score (nSPS) is 19.3. The molecule has 0 aliphatic carbocycles. The monoisotopic (exact) mass is 415 g/mol. The van der Waals surface area contributed by atoms with E-state index in [0.717, 1.165) is 60.4 Å². The van der Waals surface area contributed by atoms with E-state index in [0.29, 0.717) is 13.0 Å². The number of carbonyl (C=O) groups is 1. The molecule has 1 aromatic carbocycles. The predicted octanol–water partition coefficient (Wildman–Crippen LogP) is 3.41. The Morgan fingerprint density at radius 2 is 1.87 bits per heavy atom. The molecule has 1 fully saturated rings. The molecule has 3 heterocycles. The number of carbonyl (C=O) groups excluding carboxylic acids is 1. The Morgan fingerprint density at radius 3 is 2.58 bits per heavy atom. The zero-order valence-corrected chi connectivity index (χ0v) is 18.0. The number of amides is 1. The van der Waals surface area contributed by atoms with E-state index in [4.69, 9.17) is 5.73 Å². The third kappa shape index (κ3) is 4.97. The highest BCUT2D eigenvalue weighted by Gasteiger charge is 2.40. The van der Waals surface area contributed by atoms with Crippen LogP contribution < -0.4 is 5.73 Å². The summed E-state index contributed by atoms with van der Waals surface area (Å²) in [6.45, 7) is 4.37. The van der Waals surface area contributed by atoms with Crippen molar-refractivity contribution < 1.29 is 4.79 Å². The third-order valence-corrected chi connectivity index (χ3v) is 6.14. The number of nitrogens with two attached hydrogens (primary N) is 1. The molecule has 1 unspecified atom stereocenters. The van der Waals surface area contributed by atoms with E-state index in [9.17, 15) is 4.79 Å². The van der Waals surface area contributed by atoms with Crippen molar-refractivity contribution in [3.63, 3.8) is 0 Å². The highest BCUT2D eigenvalue weighted by Crippen LogP contribution is 2.35. The van der Waals surface area contributed by atoms with Crippen LogP contribution in [0.2, 0.25) is 0 Å². The summed E-state index contributed by atoms with van der Waals surface area (Å²) in [6.07, 6.45) is 10.6. The van der Waals surface area contributed by atoms with Crippen molar-refractivity contribution in [2.45, 2.75) is 39.2 Å². The average Bonchev–Trinajstić information content (AvgIpc) is 2.80. The number of likely N-dealkylation sites (tertiary alicyclic amines) is 1. The molecule has 160 valence electrons. The van der Waals surface area contributed by atoms with E-state index < -0.39 is 5.41 Å². The minimum Gasteiger partial charge on any atom is -0.369 e. The van der Waals surface area contributed by atoms with Crippen molar-refractivity contribution >= 4 is 5.91 Å². The fourth-order valence-corrected chi connectivity index (χ4v) is 4.49. The van der Waals surface area contributed by atoms with Gasteiger partial charge in [-0.2, -0.15) is 0 Å². The van der Waals surface area contributed by atoms with Gasteiger partial charge in [-0.25, -0.2) is 9.97 Å². The van der Waals surface area contributed by atoms with Gasteiger partial charge in [0, 0.05) is 49.9 Å². The molecule has 0 saturated carbocycles. The predicted molar refractivity (Wildman–Crippen MR) is 121 cm³/mol. The summed E-state index contributed by atoms with van der Waals surface area (Å²) in [4.78, 5) is 27.9. The summed E-state index contributed by atoms with van der Waals surface area (Å²) in [5.74, 6) is 0.632. The maximum absolute atomic E-state index is 12.7. The fraction of sp³-hybridized carbons (Fsp3) is 0.360. The number of nitrogens with zero attached hydrogens (tertiary/aromatic N) is 4. The Labute approximate surface area is 183 Å². The second-order valence-corrected chi connectivity index (χ2v) is 8.43. The number of aromatic nitrogens is 3. The van der Waals surface area contributed by atoms with Crippen LogP contribution in [0.1, 0.15) is 36.7 Å². The molecule has 1 amide bonds. The Kier molecular flexibility index (Phi) is 6.37. The first-order chi connectivity index (χ1) is 15.1. The van der Waals surface area contributed by atoms with Gasteiger partial charge in [0.15, 0.2) is 0 Å². The molecule has 0 spiro atoms. The largest absolute Gasteiger partial charge is 0.369 e. The Morgan fingerprint density at radius 1 is 1.10 bits per heavy atom. The van der Waals surface area contributed by atoms with Crippen LogP contribution in [0.5, 0.6) is 0 Å². The van der Waals surface area contributed by atoms with Gasteiger partial charge in [0.05, 0.1) is 5.41 Å². The lowest BCUT2D eigenvalue weighted by molar-refractivity contribution is -0.131. The van der Waals surface area contributed by atoms with Gasteiger partial charge in [-0.15, -0.1) is 0 Å². The van der Waals surface area contributed by atoms with Gasteiger partial charge < -0.3 is 5.73 Å². The van der Waals surface area contributed by atoms with Gasteiger partial charge in [-0.3, -0.25) is 14.7 Å². The molecule has 1 saturated heterocycles. The summed E-state index contributed by atoms with van der Waals surface area (Å²) in [6, 6.07) is 12.4. The van der Waals surface area contributed by atoms with Crippen molar-refractivity contribution in [2.75, 3.05) is 13.1 Å². The summed E-state index contributed by atoms with van der Waals surface area (Å²) in [5.41, 5.74) is 9.86. The number of pyridine rings is 1. The minimum absolute atomic E-state index is 0.218. The first-order valence-electron chi connectivity index (χ1n) is 10.9. The molecule has 2 N–H and O–H groups in total. The number of hydrogen-bond acceptors (Lipinski definition) is 5. The fourth-order valence-electron chi connectivity index (χ4n) is 4.49. The number of hydrogen-bond donors (Lipinski definition) is 1. The first kappa shape index (κ1) is 21.1. The molecule has 0 radical (unpaired) electrons. The number of primary amides is 1. The lowest BCUT2D eigenvalue weighted by Gasteiger charge is -2.41. The van der Waals surface area contributed by atoms with Crippen molar-refractivity contribution in [3.05, 3.63) is 78.1 Å². The van der Waals surface area contributed by atoms with Crippen LogP contribution in [0.3, 0.4) is 0 Å². The van der Waals surface area contributed by atoms with Crippen molar-refractivity contribution in [2.24, 2.45) is 11.1 Å². The summed E-state index contributed by atoms with van der Waals surface area (Å²) in [7, 11) is 0. The molecule has 3 aromatic rings. The maximum Gasteiger partial charge on any atom is 0.225 e. The molecule has 4 rings (SSSR count). The van der Waals surface area contributed by atoms with Gasteiger partial charge in [0.1, 0.15) is 5.82 Å². The van der Waals surface area contributed by atoms with Gasteiger partial charge in [-0.05, 0) is 54.6 Å². The molecule has 1 aliphatic heterocycles. The lowest BCUT2D eigenvalue weighted by Crippen LogP contribution is -2.51. The van der Waals surface area contributed by atoms with Gasteiger partial charge in [0.25, 0.3) is 0 Å². The zero-order valence-electron chi connectivity index (χ0n) is 18.0. The quantitative estimate of drug-likeness (QED) is 0.639. The summed E-state index contributed by atoms with van der Waals surface area (Å²) in [5, 5.41) is 0. The highest BCUT2D eigenvalue weighted by molar-refractivity contribution is 5.81. The Hall–Kier alpha value is -3.12. The van der Waals surface area contributed by atoms with Crippen molar-refractivity contribution in [1.29, 1.82) is 0 Å². The number of piperidine rings is 1. The maximum atomic E-state index is 12.7. The molecule has 31 heavy (non-hydrogen) atoms.